The van der Waals surface area contributed by atoms with Gasteiger partial charge in [0.1, 0.15) is 5.82 Å². The van der Waals surface area contributed by atoms with Crippen LogP contribution in [-0.2, 0) is 6.42 Å². The third-order valence-corrected chi connectivity index (χ3v) is 5.15. The molecule has 0 N–H and O–H groups in total. The lowest BCUT2D eigenvalue weighted by Gasteiger charge is -2.17. The van der Waals surface area contributed by atoms with Gasteiger partial charge in [-0.3, -0.25) is 14.0 Å². The number of rotatable bonds is 4. The Morgan fingerprint density at radius 3 is 2.78 bits per heavy atom. The van der Waals surface area contributed by atoms with Crippen molar-refractivity contribution in [2.24, 2.45) is 0 Å². The maximum atomic E-state index is 12.1. The van der Waals surface area contributed by atoms with E-state index in [0.29, 0.717) is 12.0 Å². The molecule has 23 heavy (non-hydrogen) atoms. The van der Waals surface area contributed by atoms with Crippen LogP contribution in [0.3, 0.4) is 0 Å². The molecule has 5 heteroatoms. The van der Waals surface area contributed by atoms with Crippen molar-refractivity contribution in [2.75, 3.05) is 0 Å². The summed E-state index contributed by atoms with van der Waals surface area (Å²) in [6.45, 7) is 10.6. The van der Waals surface area contributed by atoms with Crippen LogP contribution in [-0.4, -0.2) is 19.3 Å². The minimum atomic E-state index is 0.0314. The van der Waals surface area contributed by atoms with Crippen LogP contribution in [0.25, 0.3) is 0 Å². The summed E-state index contributed by atoms with van der Waals surface area (Å²) in [5.41, 5.74) is 3.95. The van der Waals surface area contributed by atoms with Crippen LogP contribution in [0.2, 0.25) is 0 Å². The quantitative estimate of drug-likeness (QED) is 0.870. The van der Waals surface area contributed by atoms with E-state index in [0.717, 1.165) is 24.4 Å². The fourth-order valence-electron chi connectivity index (χ4n) is 4.02. The molecule has 1 aliphatic heterocycles. The standard InChI is InChI=1S/C18H26N4O/c1-11-10-13(3)22-18(11)16(14(4)20-22)7-6-12(2)21-15(5)19-9-8-17(21)23/h8-9,11-13H,6-7,10H2,1-5H3/t11-,12-,13+/m1/s1. The molecule has 0 bridgehead atoms. The van der Waals surface area contributed by atoms with E-state index in [2.05, 4.69) is 37.4 Å². The summed E-state index contributed by atoms with van der Waals surface area (Å²) >= 11 is 0. The highest BCUT2D eigenvalue weighted by atomic mass is 16.1. The van der Waals surface area contributed by atoms with Crippen molar-refractivity contribution in [1.82, 2.24) is 19.3 Å². The van der Waals surface area contributed by atoms with Crippen molar-refractivity contribution < 1.29 is 0 Å². The average molecular weight is 314 g/mol. The van der Waals surface area contributed by atoms with Gasteiger partial charge in [0.05, 0.1) is 11.7 Å². The molecule has 124 valence electrons. The van der Waals surface area contributed by atoms with Gasteiger partial charge in [-0.1, -0.05) is 6.92 Å². The molecule has 0 amide bonds. The molecule has 0 radical (unpaired) electrons. The minimum absolute atomic E-state index is 0.0314. The Morgan fingerprint density at radius 1 is 1.35 bits per heavy atom. The van der Waals surface area contributed by atoms with E-state index in [9.17, 15) is 4.79 Å². The van der Waals surface area contributed by atoms with Gasteiger partial charge in [-0.2, -0.15) is 5.10 Å². The summed E-state index contributed by atoms with van der Waals surface area (Å²) in [6.07, 6.45) is 4.64. The zero-order valence-electron chi connectivity index (χ0n) is 14.7. The zero-order valence-corrected chi connectivity index (χ0v) is 14.7. The SMILES string of the molecule is Cc1nn2c(c1CC[C@@H](C)n1c(C)nccc1=O)[C@H](C)C[C@@H]2C. The van der Waals surface area contributed by atoms with Crippen LogP contribution in [0.1, 0.15) is 74.4 Å². The number of aromatic nitrogens is 4. The van der Waals surface area contributed by atoms with Crippen LogP contribution in [0, 0.1) is 13.8 Å². The topological polar surface area (TPSA) is 52.7 Å². The molecule has 1 aliphatic rings. The zero-order chi connectivity index (χ0) is 16.7. The van der Waals surface area contributed by atoms with E-state index in [1.54, 1.807) is 10.8 Å². The average Bonchev–Trinajstić information content (AvgIpc) is 2.94. The predicted molar refractivity (Wildman–Crippen MR) is 91.0 cm³/mol. The Bertz CT molecular complexity index is 774. The summed E-state index contributed by atoms with van der Waals surface area (Å²) in [7, 11) is 0. The van der Waals surface area contributed by atoms with E-state index in [4.69, 9.17) is 5.10 Å². The van der Waals surface area contributed by atoms with Crippen molar-refractivity contribution >= 4 is 0 Å². The molecule has 3 heterocycles. The molecule has 3 rings (SSSR count). The van der Waals surface area contributed by atoms with Crippen LogP contribution >= 0.6 is 0 Å². The monoisotopic (exact) mass is 314 g/mol. The lowest BCUT2D eigenvalue weighted by Crippen LogP contribution is -2.25. The number of aryl methyl sites for hydroxylation is 2. The van der Waals surface area contributed by atoms with E-state index < -0.39 is 0 Å². The smallest absolute Gasteiger partial charge is 0.253 e. The molecule has 0 aromatic carbocycles. The highest BCUT2D eigenvalue weighted by molar-refractivity contribution is 5.31. The number of nitrogens with zero attached hydrogens (tertiary/aromatic N) is 4. The molecule has 0 unspecified atom stereocenters. The second-order valence-electron chi connectivity index (χ2n) is 6.97. The summed E-state index contributed by atoms with van der Waals surface area (Å²) in [5, 5.41) is 4.74. The van der Waals surface area contributed by atoms with Crippen molar-refractivity contribution in [3.63, 3.8) is 0 Å². The Labute approximate surface area is 137 Å². The van der Waals surface area contributed by atoms with E-state index in [1.165, 1.54) is 23.7 Å². The molecule has 0 fully saturated rings. The first-order chi connectivity index (χ1) is 10.9. The van der Waals surface area contributed by atoms with Gasteiger partial charge in [0, 0.05) is 29.9 Å². The van der Waals surface area contributed by atoms with Crippen molar-refractivity contribution in [3.05, 3.63) is 45.4 Å². The van der Waals surface area contributed by atoms with Crippen molar-refractivity contribution in [1.29, 1.82) is 0 Å². The van der Waals surface area contributed by atoms with Gasteiger partial charge in [0.25, 0.3) is 5.56 Å². The van der Waals surface area contributed by atoms with Crippen molar-refractivity contribution in [2.45, 2.75) is 71.9 Å². The van der Waals surface area contributed by atoms with Crippen molar-refractivity contribution in [3.8, 4) is 0 Å². The van der Waals surface area contributed by atoms with Gasteiger partial charge in [-0.25, -0.2) is 4.98 Å². The first-order valence-electron chi connectivity index (χ1n) is 8.52. The van der Waals surface area contributed by atoms with E-state index in [-0.39, 0.29) is 11.6 Å². The highest BCUT2D eigenvalue weighted by Gasteiger charge is 2.30. The normalized spacial score (nSPS) is 21.4. The minimum Gasteiger partial charge on any atom is -0.294 e. The fourth-order valence-corrected chi connectivity index (χ4v) is 4.02. The lowest BCUT2D eigenvalue weighted by molar-refractivity contribution is 0.472. The van der Waals surface area contributed by atoms with Crippen LogP contribution in [0.4, 0.5) is 0 Å². The molecule has 3 atom stereocenters. The number of hydrogen-bond donors (Lipinski definition) is 0. The fraction of sp³-hybridized carbons (Fsp3) is 0.611. The van der Waals surface area contributed by atoms with Crippen LogP contribution in [0.15, 0.2) is 17.1 Å². The van der Waals surface area contributed by atoms with E-state index >= 15 is 0 Å². The molecule has 2 aromatic heterocycles. The number of hydrogen-bond acceptors (Lipinski definition) is 3. The molecule has 5 nitrogen and oxygen atoms in total. The van der Waals surface area contributed by atoms with Crippen LogP contribution < -0.4 is 5.56 Å². The Morgan fingerprint density at radius 2 is 2.09 bits per heavy atom. The van der Waals surface area contributed by atoms with E-state index in [1.807, 2.05) is 6.92 Å². The predicted octanol–water partition coefficient (Wildman–Crippen LogP) is 3.32. The summed E-state index contributed by atoms with van der Waals surface area (Å²) in [5.74, 6) is 1.35. The first kappa shape index (κ1) is 16.0. The lowest BCUT2D eigenvalue weighted by atomic mass is 9.96. The first-order valence-corrected chi connectivity index (χ1v) is 8.52. The van der Waals surface area contributed by atoms with Gasteiger partial charge in [0.15, 0.2) is 0 Å². The Balaban J connectivity index is 1.82. The molecule has 0 saturated heterocycles. The second kappa shape index (κ2) is 5.95. The third kappa shape index (κ3) is 2.73. The molecular formula is C18H26N4O. The molecular weight excluding hydrogens is 288 g/mol. The maximum absolute atomic E-state index is 12.1. The van der Waals surface area contributed by atoms with Gasteiger partial charge in [0.2, 0.25) is 0 Å². The maximum Gasteiger partial charge on any atom is 0.253 e. The van der Waals surface area contributed by atoms with Gasteiger partial charge < -0.3 is 0 Å². The molecule has 0 aliphatic carbocycles. The van der Waals surface area contributed by atoms with Gasteiger partial charge in [-0.15, -0.1) is 0 Å². The molecule has 0 spiro atoms. The number of fused-ring (bicyclic) bond motifs is 1. The third-order valence-electron chi connectivity index (χ3n) is 5.15. The molecule has 0 saturated carbocycles. The summed E-state index contributed by atoms with van der Waals surface area (Å²) in [4.78, 5) is 16.3. The largest absolute Gasteiger partial charge is 0.294 e. The molecule has 2 aromatic rings. The second-order valence-corrected chi connectivity index (χ2v) is 6.97. The summed E-state index contributed by atoms with van der Waals surface area (Å²) in [6, 6.07) is 2.17. The Kier molecular flexibility index (Phi) is 4.13. The van der Waals surface area contributed by atoms with Crippen LogP contribution in [0.5, 0.6) is 0 Å². The van der Waals surface area contributed by atoms with Gasteiger partial charge in [-0.05, 0) is 52.5 Å². The highest BCUT2D eigenvalue weighted by Crippen LogP contribution is 2.38. The Hall–Kier alpha value is -1.91. The van der Waals surface area contributed by atoms with Gasteiger partial charge >= 0.3 is 0 Å². The summed E-state index contributed by atoms with van der Waals surface area (Å²) < 4.78 is 4.01.